The molecule has 4 aromatic carbocycles. The van der Waals surface area contributed by atoms with Gasteiger partial charge in [0, 0.05) is 5.66 Å². The molecule has 7 rings (SSSR count). The van der Waals surface area contributed by atoms with Gasteiger partial charge in [-0.05, 0) is 75.4 Å². The molecule has 2 aliphatic carbocycles. The van der Waals surface area contributed by atoms with Crippen molar-refractivity contribution < 1.29 is 0 Å². The van der Waals surface area contributed by atoms with Crippen LogP contribution in [0.2, 0.25) is 0 Å². The van der Waals surface area contributed by atoms with Crippen molar-refractivity contribution >= 4 is 29.5 Å². The van der Waals surface area contributed by atoms with Gasteiger partial charge in [-0.15, -0.1) is 0 Å². The summed E-state index contributed by atoms with van der Waals surface area (Å²) < 4.78 is 0. The van der Waals surface area contributed by atoms with Gasteiger partial charge in [-0.1, -0.05) is 91.9 Å². The van der Waals surface area contributed by atoms with Crippen LogP contribution in [0.3, 0.4) is 0 Å². The van der Waals surface area contributed by atoms with E-state index in [1.165, 1.54) is 64.3 Å². The minimum absolute atomic E-state index is 0.0390. The topological polar surface area (TPSA) is 0 Å². The first-order valence-electron chi connectivity index (χ1n) is 10.8. The van der Waals surface area contributed by atoms with Crippen LogP contribution in [0.1, 0.15) is 30.4 Å². The molecule has 0 bridgehead atoms. The molecule has 0 N–H and O–H groups in total. The van der Waals surface area contributed by atoms with Crippen molar-refractivity contribution in [1.29, 1.82) is 0 Å². The highest BCUT2D eigenvalue weighted by atomic mass is 31.1. The number of benzene rings is 4. The highest BCUT2D eigenvalue weighted by molar-refractivity contribution is 7.57. The molecule has 3 aliphatic rings. The molecule has 1 aliphatic heterocycles. The molecule has 0 aromatic heterocycles. The lowest BCUT2D eigenvalue weighted by atomic mass is 9.88. The molecule has 140 valence electrons. The Kier molecular flexibility index (Phi) is 3.41. The van der Waals surface area contributed by atoms with Crippen LogP contribution in [-0.4, -0.2) is 5.66 Å². The number of hydrogen-bond acceptors (Lipinski definition) is 0. The number of allylic oxidation sites excluding steroid dienone is 2. The Morgan fingerprint density at radius 2 is 1.24 bits per heavy atom. The van der Waals surface area contributed by atoms with E-state index < -0.39 is 0 Å². The maximum atomic E-state index is 2.45. The molecular formula is C28H23P. The first kappa shape index (κ1) is 16.4. The van der Waals surface area contributed by atoms with Crippen LogP contribution in [0.25, 0.3) is 32.7 Å². The third-order valence-electron chi connectivity index (χ3n) is 7.32. The predicted molar refractivity (Wildman–Crippen MR) is 126 cm³/mol. The second-order valence-electron chi connectivity index (χ2n) is 8.91. The SMILES string of the molecule is c1ccc2c3c(ccc2c1)CP([C@@H]1CCC2=C1C2)Cc1ccc2ccccc2c1-3. The summed E-state index contributed by atoms with van der Waals surface area (Å²) in [5, 5.41) is 5.59. The van der Waals surface area contributed by atoms with E-state index >= 15 is 0 Å². The number of hydrogen-bond donors (Lipinski definition) is 0. The zero-order valence-electron chi connectivity index (χ0n) is 16.5. The summed E-state index contributed by atoms with van der Waals surface area (Å²) in [6.45, 7) is 0. The van der Waals surface area contributed by atoms with Gasteiger partial charge in [0.2, 0.25) is 0 Å². The van der Waals surface area contributed by atoms with Gasteiger partial charge in [0.25, 0.3) is 0 Å². The van der Waals surface area contributed by atoms with Crippen LogP contribution < -0.4 is 0 Å². The molecule has 0 amide bonds. The highest BCUT2D eigenvalue weighted by Crippen LogP contribution is 2.64. The van der Waals surface area contributed by atoms with E-state index in [1.807, 2.05) is 5.57 Å². The summed E-state index contributed by atoms with van der Waals surface area (Å²) in [7, 11) is -0.0390. The van der Waals surface area contributed by atoms with Crippen molar-refractivity contribution in [3.05, 3.63) is 95.1 Å². The van der Waals surface area contributed by atoms with E-state index in [0.717, 1.165) is 5.66 Å². The fourth-order valence-corrected chi connectivity index (χ4v) is 9.04. The van der Waals surface area contributed by atoms with Crippen LogP contribution in [0.5, 0.6) is 0 Å². The third-order valence-corrected chi connectivity index (χ3v) is 10.3. The Bertz CT molecular complexity index is 1260. The Balaban J connectivity index is 1.55. The van der Waals surface area contributed by atoms with E-state index in [4.69, 9.17) is 0 Å². The van der Waals surface area contributed by atoms with Crippen LogP contribution in [0.15, 0.2) is 83.9 Å². The molecule has 0 saturated heterocycles. The summed E-state index contributed by atoms with van der Waals surface area (Å²) in [6, 6.07) is 27.6. The molecular weight excluding hydrogens is 367 g/mol. The van der Waals surface area contributed by atoms with E-state index in [9.17, 15) is 0 Å². The summed E-state index contributed by atoms with van der Waals surface area (Å²) in [5.41, 5.74) is 10.7. The zero-order valence-corrected chi connectivity index (χ0v) is 17.4. The highest BCUT2D eigenvalue weighted by Gasteiger charge is 2.40. The predicted octanol–water partition coefficient (Wildman–Crippen LogP) is 8.02. The average Bonchev–Trinajstić information content (AvgIpc) is 3.47. The van der Waals surface area contributed by atoms with Crippen LogP contribution in [-0.2, 0) is 12.3 Å². The fourth-order valence-electron chi connectivity index (χ4n) is 5.88. The van der Waals surface area contributed by atoms with Gasteiger partial charge in [-0.25, -0.2) is 0 Å². The zero-order chi connectivity index (χ0) is 18.9. The molecule has 4 aromatic rings. The van der Waals surface area contributed by atoms with E-state index in [-0.39, 0.29) is 7.92 Å². The minimum atomic E-state index is -0.0390. The van der Waals surface area contributed by atoms with Crippen molar-refractivity contribution in [1.82, 2.24) is 0 Å². The van der Waals surface area contributed by atoms with Crippen LogP contribution in [0.4, 0.5) is 0 Å². The van der Waals surface area contributed by atoms with Gasteiger partial charge >= 0.3 is 0 Å². The van der Waals surface area contributed by atoms with Gasteiger partial charge in [0.05, 0.1) is 0 Å². The molecule has 1 heterocycles. The number of rotatable bonds is 1. The quantitative estimate of drug-likeness (QED) is 0.228. The summed E-state index contributed by atoms with van der Waals surface area (Å²) in [4.78, 5) is 0. The molecule has 0 saturated carbocycles. The third kappa shape index (κ3) is 2.42. The number of fused-ring (bicyclic) bond motifs is 7. The van der Waals surface area contributed by atoms with Gasteiger partial charge in [0.1, 0.15) is 0 Å². The summed E-state index contributed by atoms with van der Waals surface area (Å²) in [6.07, 6.45) is 6.72. The van der Waals surface area contributed by atoms with Crippen molar-refractivity contribution in [2.75, 3.05) is 0 Å². The maximum absolute atomic E-state index is 2.45. The normalized spacial score (nSPS) is 20.5. The Morgan fingerprint density at radius 3 is 1.76 bits per heavy atom. The Morgan fingerprint density at radius 1 is 0.655 bits per heavy atom. The second-order valence-corrected chi connectivity index (χ2v) is 11.3. The summed E-state index contributed by atoms with van der Waals surface area (Å²) >= 11 is 0. The monoisotopic (exact) mass is 390 g/mol. The molecule has 0 spiro atoms. The minimum Gasteiger partial charge on any atom is -0.0903 e. The van der Waals surface area contributed by atoms with Gasteiger partial charge < -0.3 is 0 Å². The van der Waals surface area contributed by atoms with Crippen LogP contribution in [0, 0.1) is 0 Å². The Labute approximate surface area is 173 Å². The molecule has 0 fully saturated rings. The lowest BCUT2D eigenvalue weighted by molar-refractivity contribution is 0.842. The summed E-state index contributed by atoms with van der Waals surface area (Å²) in [5.74, 6) is 0. The first-order valence-corrected chi connectivity index (χ1v) is 12.6. The molecule has 0 radical (unpaired) electrons. The molecule has 29 heavy (non-hydrogen) atoms. The van der Waals surface area contributed by atoms with E-state index in [1.54, 1.807) is 16.7 Å². The van der Waals surface area contributed by atoms with Crippen molar-refractivity contribution in [2.24, 2.45) is 0 Å². The molecule has 1 heteroatoms. The molecule has 0 unspecified atom stereocenters. The fraction of sp³-hybridized carbons (Fsp3) is 0.214. The lowest BCUT2D eigenvalue weighted by Crippen LogP contribution is -2.05. The van der Waals surface area contributed by atoms with Gasteiger partial charge in [-0.3, -0.25) is 0 Å². The Hall–Kier alpha value is -2.43. The van der Waals surface area contributed by atoms with E-state index in [0.29, 0.717) is 0 Å². The van der Waals surface area contributed by atoms with E-state index in [2.05, 4.69) is 72.8 Å². The van der Waals surface area contributed by atoms with Crippen LogP contribution >= 0.6 is 7.92 Å². The van der Waals surface area contributed by atoms with Gasteiger partial charge in [-0.2, -0.15) is 0 Å². The smallest absolute Gasteiger partial charge is 0.00156 e. The largest absolute Gasteiger partial charge is 0.0903 e. The lowest BCUT2D eigenvalue weighted by Gasteiger charge is -2.25. The second kappa shape index (κ2) is 6.04. The molecule has 1 atom stereocenters. The van der Waals surface area contributed by atoms with Crippen molar-refractivity contribution in [2.45, 2.75) is 37.2 Å². The van der Waals surface area contributed by atoms with Gasteiger partial charge in [0.15, 0.2) is 0 Å². The molecule has 0 nitrogen and oxygen atoms in total. The van der Waals surface area contributed by atoms with Crippen molar-refractivity contribution in [3.8, 4) is 11.1 Å². The average molecular weight is 390 g/mol. The first-order chi connectivity index (χ1) is 14.4. The standard InChI is InChI=1S/C28H23P/c1-3-7-23-18(5-1)9-11-21-16-29(26-14-13-20-15-25(20)26)17-22-12-10-19-6-2-4-8-24(19)28(22)27(21)23/h1-12,26H,13-17H2/t26-/m1/s1. The maximum Gasteiger partial charge on any atom is 0.00156 e. The van der Waals surface area contributed by atoms with Crippen molar-refractivity contribution in [3.63, 3.8) is 0 Å².